The molecule has 0 amide bonds. The summed E-state index contributed by atoms with van der Waals surface area (Å²) in [6.07, 6.45) is 4.49. The van der Waals surface area contributed by atoms with Crippen LogP contribution in [0.1, 0.15) is 66.6 Å². The van der Waals surface area contributed by atoms with E-state index in [0.717, 1.165) is 34.0 Å². The summed E-state index contributed by atoms with van der Waals surface area (Å²) >= 11 is 0. The highest BCUT2D eigenvalue weighted by Gasteiger charge is 2.37. The molecule has 2 nitrogen and oxygen atoms in total. The first-order chi connectivity index (χ1) is 28.7. The van der Waals surface area contributed by atoms with Crippen molar-refractivity contribution in [3.8, 4) is 22.3 Å². The lowest BCUT2D eigenvalue weighted by Crippen LogP contribution is -2.16. The molecule has 2 aliphatic carbocycles. The topological polar surface area (TPSA) is 6.48 Å². The lowest BCUT2D eigenvalue weighted by molar-refractivity contribution is 0.660. The summed E-state index contributed by atoms with van der Waals surface area (Å²) < 4.78 is 0. The van der Waals surface area contributed by atoms with Crippen molar-refractivity contribution in [2.75, 3.05) is 9.80 Å². The second kappa shape index (κ2) is 14.2. The van der Waals surface area contributed by atoms with Crippen molar-refractivity contribution >= 4 is 46.3 Å². The number of nitrogens with zero attached hydrogens (tertiary/aromatic N) is 2. The Morgan fingerprint density at radius 2 is 0.729 bits per heavy atom. The van der Waals surface area contributed by atoms with Crippen molar-refractivity contribution in [1.29, 1.82) is 0 Å². The van der Waals surface area contributed by atoms with Crippen molar-refractivity contribution in [1.82, 2.24) is 0 Å². The van der Waals surface area contributed by atoms with Crippen molar-refractivity contribution in [2.45, 2.75) is 45.4 Å². The van der Waals surface area contributed by atoms with Gasteiger partial charge in [-0.05, 0) is 141 Å². The molecular formula is C57H48N2. The van der Waals surface area contributed by atoms with Gasteiger partial charge in [-0.1, -0.05) is 155 Å². The number of benzene rings is 8. The van der Waals surface area contributed by atoms with E-state index in [4.69, 9.17) is 0 Å². The molecule has 0 spiro atoms. The first kappa shape index (κ1) is 36.4. The molecule has 0 N–H and O–H groups in total. The third-order valence-corrected chi connectivity index (χ3v) is 12.7. The number of hydrogen-bond acceptors (Lipinski definition) is 2. The normalized spacial score (nSPS) is 14.1. The first-order valence-electron chi connectivity index (χ1n) is 20.8. The maximum absolute atomic E-state index is 2.41. The van der Waals surface area contributed by atoms with E-state index in [0.29, 0.717) is 0 Å². The quantitative estimate of drug-likeness (QED) is 0.142. The summed E-state index contributed by atoms with van der Waals surface area (Å²) in [5.41, 5.74) is 21.1. The van der Waals surface area contributed by atoms with Crippen molar-refractivity contribution in [3.05, 3.63) is 227 Å². The van der Waals surface area contributed by atoms with Gasteiger partial charge in [-0.3, -0.25) is 0 Å². The highest BCUT2D eigenvalue weighted by Crippen LogP contribution is 2.52. The van der Waals surface area contributed by atoms with Gasteiger partial charge >= 0.3 is 0 Å². The summed E-state index contributed by atoms with van der Waals surface area (Å²) in [6, 6.07) is 68.9. The molecule has 0 heterocycles. The Bertz CT molecular complexity index is 2840. The van der Waals surface area contributed by atoms with Gasteiger partial charge in [0.05, 0.1) is 0 Å². The highest BCUT2D eigenvalue weighted by atomic mass is 15.1. The molecule has 0 bridgehead atoms. The number of anilines is 6. The molecule has 0 atom stereocenters. The molecule has 286 valence electrons. The number of aryl methyl sites for hydroxylation is 1. The zero-order valence-corrected chi connectivity index (χ0v) is 34.4. The van der Waals surface area contributed by atoms with Crippen LogP contribution in [0.2, 0.25) is 0 Å². The first-order valence-corrected chi connectivity index (χ1v) is 20.8. The Morgan fingerprint density at radius 3 is 1.34 bits per heavy atom. The van der Waals surface area contributed by atoms with Crippen molar-refractivity contribution in [3.63, 3.8) is 0 Å². The molecule has 10 rings (SSSR count). The Balaban J connectivity index is 0.941. The average Bonchev–Trinajstić information content (AvgIpc) is 3.63. The minimum Gasteiger partial charge on any atom is -0.310 e. The van der Waals surface area contributed by atoms with E-state index in [1.165, 1.54) is 61.3 Å². The highest BCUT2D eigenvalue weighted by molar-refractivity contribution is 5.88. The maximum Gasteiger partial charge on any atom is 0.0465 e. The average molecular weight is 761 g/mol. The molecule has 2 aliphatic rings. The Morgan fingerprint density at radius 1 is 0.322 bits per heavy atom. The van der Waals surface area contributed by atoms with E-state index >= 15 is 0 Å². The summed E-state index contributed by atoms with van der Waals surface area (Å²) in [4.78, 5) is 4.74. The molecule has 8 aromatic rings. The smallest absolute Gasteiger partial charge is 0.0465 e. The van der Waals surface area contributed by atoms with E-state index in [2.05, 4.69) is 245 Å². The van der Waals surface area contributed by atoms with Crippen LogP contribution in [0.4, 0.5) is 34.1 Å². The van der Waals surface area contributed by atoms with Crippen LogP contribution in [-0.2, 0) is 10.8 Å². The molecule has 8 aromatic carbocycles. The fourth-order valence-corrected chi connectivity index (χ4v) is 9.56. The van der Waals surface area contributed by atoms with Crippen LogP contribution >= 0.6 is 0 Å². The third kappa shape index (κ3) is 6.28. The van der Waals surface area contributed by atoms with Gasteiger partial charge in [-0.15, -0.1) is 0 Å². The van der Waals surface area contributed by atoms with Gasteiger partial charge in [0, 0.05) is 45.0 Å². The van der Waals surface area contributed by atoms with Crippen LogP contribution in [0.5, 0.6) is 0 Å². The van der Waals surface area contributed by atoms with Gasteiger partial charge in [0.2, 0.25) is 0 Å². The number of fused-ring (bicyclic) bond motifs is 6. The van der Waals surface area contributed by atoms with Gasteiger partial charge in [0.1, 0.15) is 0 Å². The molecule has 2 heteroatoms. The summed E-state index contributed by atoms with van der Waals surface area (Å²) in [5.74, 6) is 0. The van der Waals surface area contributed by atoms with Crippen LogP contribution in [0.3, 0.4) is 0 Å². The van der Waals surface area contributed by atoms with Crippen LogP contribution < -0.4 is 9.80 Å². The Kier molecular flexibility index (Phi) is 8.76. The summed E-state index contributed by atoms with van der Waals surface area (Å²) in [5, 5.41) is 0. The summed E-state index contributed by atoms with van der Waals surface area (Å²) in [7, 11) is 0. The van der Waals surface area contributed by atoms with E-state index in [9.17, 15) is 0 Å². The Hall–Kier alpha value is -6.90. The standard InChI is InChI=1S/C57H48N2/c1-39-15-14-20-45(35-39)59(47-31-33-50-48-21-12-13-22-52(48)56(2,3)54(50)38-47)44-28-25-40(26-29-44)23-24-41-27-32-49-51-34-30-46(37-55(51)57(4,5)53(49)36-41)58(42-16-8-6-9-17-42)43-18-10-7-11-19-43/h6-38H,1-5H3/b24-23+. The van der Waals surface area contributed by atoms with Crippen molar-refractivity contribution < 1.29 is 0 Å². The van der Waals surface area contributed by atoms with Gasteiger partial charge in [-0.25, -0.2) is 0 Å². The van der Waals surface area contributed by atoms with E-state index in [-0.39, 0.29) is 10.8 Å². The van der Waals surface area contributed by atoms with Gasteiger partial charge in [0.25, 0.3) is 0 Å². The third-order valence-electron chi connectivity index (χ3n) is 12.7. The fraction of sp³-hybridized carbons (Fsp3) is 0.123. The van der Waals surface area contributed by atoms with Crippen molar-refractivity contribution in [2.24, 2.45) is 0 Å². The zero-order chi connectivity index (χ0) is 40.3. The monoisotopic (exact) mass is 760 g/mol. The largest absolute Gasteiger partial charge is 0.310 e. The van der Waals surface area contributed by atoms with E-state index < -0.39 is 0 Å². The molecule has 0 saturated heterocycles. The maximum atomic E-state index is 2.41. The minimum absolute atomic E-state index is 0.0701. The number of rotatable bonds is 8. The van der Waals surface area contributed by atoms with Gasteiger partial charge in [-0.2, -0.15) is 0 Å². The van der Waals surface area contributed by atoms with Crippen LogP contribution in [0.25, 0.3) is 34.4 Å². The molecule has 0 aromatic heterocycles. The fourth-order valence-electron chi connectivity index (χ4n) is 9.56. The van der Waals surface area contributed by atoms with E-state index in [1.54, 1.807) is 0 Å². The molecule has 0 aliphatic heterocycles. The molecule has 0 fully saturated rings. The molecule has 0 radical (unpaired) electrons. The van der Waals surface area contributed by atoms with Gasteiger partial charge < -0.3 is 9.80 Å². The minimum atomic E-state index is -0.153. The Labute approximate surface area is 349 Å². The lowest BCUT2D eigenvalue weighted by Gasteiger charge is -2.28. The zero-order valence-electron chi connectivity index (χ0n) is 34.4. The van der Waals surface area contributed by atoms with Crippen LogP contribution in [0.15, 0.2) is 188 Å². The molecule has 59 heavy (non-hydrogen) atoms. The van der Waals surface area contributed by atoms with Gasteiger partial charge in [0.15, 0.2) is 0 Å². The predicted octanol–water partition coefficient (Wildman–Crippen LogP) is 15.7. The summed E-state index contributed by atoms with van der Waals surface area (Å²) in [6.45, 7) is 11.6. The molecular weight excluding hydrogens is 713 g/mol. The van der Waals surface area contributed by atoms with Crippen LogP contribution in [-0.4, -0.2) is 0 Å². The molecule has 0 unspecified atom stereocenters. The lowest BCUT2D eigenvalue weighted by atomic mass is 9.81. The number of para-hydroxylation sites is 2. The van der Waals surface area contributed by atoms with Crippen LogP contribution in [0, 0.1) is 6.92 Å². The second-order valence-corrected chi connectivity index (χ2v) is 17.2. The van der Waals surface area contributed by atoms with E-state index in [1.807, 2.05) is 0 Å². The number of hydrogen-bond donors (Lipinski definition) is 0. The predicted molar refractivity (Wildman–Crippen MR) is 251 cm³/mol. The second-order valence-electron chi connectivity index (χ2n) is 17.2. The SMILES string of the molecule is Cc1cccc(N(c2ccc(/C=C/c3ccc4c(c3)C(C)(C)c3cc(N(c5ccccc5)c5ccccc5)ccc3-4)cc2)c2ccc3c(c2)C(C)(C)c2ccccc2-3)c1. The molecule has 0 saturated carbocycles.